The number of amides is 1. The fraction of sp³-hybridized carbons (Fsp3) is 0.440. The van der Waals surface area contributed by atoms with Crippen LogP contribution in [0.1, 0.15) is 32.2 Å². The number of likely N-dealkylation sites (tertiary alicyclic amines) is 1. The van der Waals surface area contributed by atoms with Crippen molar-refractivity contribution >= 4 is 29.1 Å². The van der Waals surface area contributed by atoms with Crippen LogP contribution in [0.4, 0.5) is 20.8 Å². The Hall–Kier alpha value is -3.67. The molecule has 4 rings (SSSR count). The lowest BCUT2D eigenvalue weighted by Crippen LogP contribution is -2.51. The van der Waals surface area contributed by atoms with Crippen LogP contribution < -0.4 is 20.5 Å². The summed E-state index contributed by atoms with van der Waals surface area (Å²) in [7, 11) is 1.54. The van der Waals surface area contributed by atoms with Crippen molar-refractivity contribution in [3.8, 4) is 28.0 Å². The van der Waals surface area contributed by atoms with Crippen molar-refractivity contribution in [1.29, 1.82) is 0 Å². The molecule has 198 valence electrons. The normalized spacial score (nSPS) is 17.8. The molecule has 12 heteroatoms. The van der Waals surface area contributed by atoms with E-state index in [9.17, 15) is 9.18 Å². The van der Waals surface area contributed by atoms with Gasteiger partial charge in [0.1, 0.15) is 16.6 Å². The van der Waals surface area contributed by atoms with Crippen LogP contribution in [-0.2, 0) is 4.74 Å². The number of thiazole rings is 1. The average molecular weight is 531 g/mol. The van der Waals surface area contributed by atoms with E-state index in [0.717, 1.165) is 5.01 Å². The molecule has 1 aromatic carbocycles. The number of hydrogen-bond acceptors (Lipinski definition) is 10. The number of anilines is 2. The zero-order valence-electron chi connectivity index (χ0n) is 21.4. The van der Waals surface area contributed by atoms with E-state index >= 15 is 0 Å². The fourth-order valence-corrected chi connectivity index (χ4v) is 4.68. The van der Waals surface area contributed by atoms with Crippen LogP contribution in [-0.4, -0.2) is 64.0 Å². The van der Waals surface area contributed by atoms with Gasteiger partial charge in [-0.3, -0.25) is 0 Å². The van der Waals surface area contributed by atoms with Crippen LogP contribution in [0, 0.1) is 6.92 Å². The summed E-state index contributed by atoms with van der Waals surface area (Å²) in [5, 5.41) is 3.95. The number of aromatic nitrogens is 3. The molecule has 3 aromatic rings. The summed E-state index contributed by atoms with van der Waals surface area (Å²) in [6.45, 7) is 7.46. The molecule has 0 spiro atoms. The van der Waals surface area contributed by atoms with E-state index in [1.807, 2.05) is 6.92 Å². The predicted molar refractivity (Wildman–Crippen MR) is 140 cm³/mol. The topological polar surface area (TPSA) is 125 Å². The summed E-state index contributed by atoms with van der Waals surface area (Å²) in [5.41, 5.74) is 6.32. The zero-order chi connectivity index (χ0) is 26.7. The second-order valence-electron chi connectivity index (χ2n) is 9.70. The first-order valence-corrected chi connectivity index (χ1v) is 12.6. The third-order valence-electron chi connectivity index (χ3n) is 5.37. The number of nitrogens with zero attached hydrogens (tertiary/aromatic N) is 4. The second-order valence-corrected chi connectivity index (χ2v) is 10.9. The Morgan fingerprint density at radius 3 is 2.73 bits per heavy atom. The quantitative estimate of drug-likeness (QED) is 0.421. The van der Waals surface area contributed by atoms with Gasteiger partial charge < -0.3 is 30.2 Å². The van der Waals surface area contributed by atoms with Crippen molar-refractivity contribution in [1.82, 2.24) is 19.9 Å². The smallest absolute Gasteiger partial charge is 0.410 e. The summed E-state index contributed by atoms with van der Waals surface area (Å²) < 4.78 is 31.4. The van der Waals surface area contributed by atoms with Crippen molar-refractivity contribution in [3.05, 3.63) is 35.5 Å². The maximum Gasteiger partial charge on any atom is 0.410 e. The van der Waals surface area contributed by atoms with Gasteiger partial charge in [-0.2, -0.15) is 0 Å². The molecule has 0 aliphatic carbocycles. The number of methoxy groups -OCH3 is 1. The van der Waals surface area contributed by atoms with Gasteiger partial charge in [-0.15, -0.1) is 11.3 Å². The van der Waals surface area contributed by atoms with Gasteiger partial charge in [-0.25, -0.2) is 24.1 Å². The molecule has 0 radical (unpaired) electrons. The Kier molecular flexibility index (Phi) is 7.67. The lowest BCUT2D eigenvalue weighted by Gasteiger charge is -2.36. The number of ether oxygens (including phenoxy) is 3. The Balaban J connectivity index is 1.52. The molecule has 0 unspecified atom stereocenters. The molecule has 1 aliphatic rings. The zero-order valence-corrected chi connectivity index (χ0v) is 22.3. The Morgan fingerprint density at radius 1 is 1.22 bits per heavy atom. The molecule has 1 saturated heterocycles. The lowest BCUT2D eigenvalue weighted by molar-refractivity contribution is 0.0124. The van der Waals surface area contributed by atoms with E-state index in [2.05, 4.69) is 20.3 Å². The second kappa shape index (κ2) is 10.8. The first-order chi connectivity index (χ1) is 17.5. The number of nitrogens with two attached hydrogens (primary N) is 1. The largest absolute Gasteiger partial charge is 0.493 e. The van der Waals surface area contributed by atoms with E-state index in [0.29, 0.717) is 39.6 Å². The maximum absolute atomic E-state index is 14.5. The van der Waals surface area contributed by atoms with Crippen molar-refractivity contribution in [3.63, 3.8) is 0 Å². The molecule has 2 atom stereocenters. The highest BCUT2D eigenvalue weighted by Crippen LogP contribution is 2.40. The average Bonchev–Trinajstić information content (AvgIpc) is 3.19. The number of halogens is 1. The van der Waals surface area contributed by atoms with Gasteiger partial charge in [0.25, 0.3) is 0 Å². The maximum atomic E-state index is 14.5. The highest BCUT2D eigenvalue weighted by atomic mass is 32.1. The number of aryl methyl sites for hydroxylation is 1. The minimum atomic E-state index is -1.19. The summed E-state index contributed by atoms with van der Waals surface area (Å²) in [5.74, 6) is 1.62. The lowest BCUT2D eigenvalue weighted by atomic mass is 10.0. The minimum absolute atomic E-state index is 0.0105. The number of nitrogens with one attached hydrogen (secondary N) is 1. The molecule has 1 aliphatic heterocycles. The van der Waals surface area contributed by atoms with Crippen LogP contribution in [0.2, 0.25) is 0 Å². The molecule has 2 aromatic heterocycles. The number of rotatable bonds is 6. The number of benzene rings is 1. The van der Waals surface area contributed by atoms with Gasteiger partial charge in [0.05, 0.1) is 24.4 Å². The third kappa shape index (κ3) is 6.76. The van der Waals surface area contributed by atoms with Crippen molar-refractivity contribution < 1.29 is 23.4 Å². The molecular formula is C25H31FN6O4S. The van der Waals surface area contributed by atoms with Gasteiger partial charge in [0, 0.05) is 37.0 Å². The van der Waals surface area contributed by atoms with Crippen LogP contribution in [0.15, 0.2) is 30.5 Å². The van der Waals surface area contributed by atoms with Gasteiger partial charge in [0.2, 0.25) is 11.8 Å². The van der Waals surface area contributed by atoms with E-state index in [1.165, 1.54) is 23.3 Å². The predicted octanol–water partition coefficient (Wildman–Crippen LogP) is 5.05. The van der Waals surface area contributed by atoms with Crippen LogP contribution in [0.3, 0.4) is 0 Å². The van der Waals surface area contributed by atoms with Crippen LogP contribution in [0.5, 0.6) is 17.4 Å². The number of carbonyl (C=O) groups is 1. The SMILES string of the molecule is COc1cc(N)ccc1Oc1nc(C)sc1-c1ccnc(N[C@H]2C[C@H](F)CN(C(=O)OC(C)(C)C)C2)n1. The Bertz CT molecular complexity index is 1260. The van der Waals surface area contributed by atoms with E-state index in [4.69, 9.17) is 19.9 Å². The molecule has 1 fully saturated rings. The molecule has 37 heavy (non-hydrogen) atoms. The van der Waals surface area contributed by atoms with Crippen molar-refractivity contribution in [2.75, 3.05) is 31.2 Å². The van der Waals surface area contributed by atoms with Gasteiger partial charge in [-0.1, -0.05) is 0 Å². The summed E-state index contributed by atoms with van der Waals surface area (Å²) >= 11 is 1.42. The molecule has 3 heterocycles. The monoisotopic (exact) mass is 530 g/mol. The molecular weight excluding hydrogens is 499 g/mol. The highest BCUT2D eigenvalue weighted by molar-refractivity contribution is 7.15. The van der Waals surface area contributed by atoms with Crippen molar-refractivity contribution in [2.45, 2.75) is 51.9 Å². The van der Waals surface area contributed by atoms with Crippen LogP contribution in [0.25, 0.3) is 10.6 Å². The molecule has 0 bridgehead atoms. The van der Waals surface area contributed by atoms with Crippen LogP contribution >= 0.6 is 11.3 Å². The van der Waals surface area contributed by atoms with Gasteiger partial charge in [-0.05, 0) is 45.9 Å². The summed E-state index contributed by atoms with van der Waals surface area (Å²) in [6.07, 6.45) is 0.0873. The van der Waals surface area contributed by atoms with Gasteiger partial charge in [0.15, 0.2) is 11.5 Å². The van der Waals surface area contributed by atoms with E-state index in [-0.39, 0.29) is 25.6 Å². The number of carbonyl (C=O) groups excluding carboxylic acids is 1. The molecule has 0 saturated carbocycles. The highest BCUT2D eigenvalue weighted by Gasteiger charge is 2.33. The first kappa shape index (κ1) is 26.4. The number of nitrogen functional groups attached to an aromatic ring is 1. The third-order valence-corrected chi connectivity index (χ3v) is 6.34. The first-order valence-electron chi connectivity index (χ1n) is 11.8. The molecule has 3 N–H and O–H groups in total. The number of alkyl halides is 1. The Labute approximate surface area is 219 Å². The Morgan fingerprint density at radius 2 is 2.00 bits per heavy atom. The molecule has 1 amide bonds. The van der Waals surface area contributed by atoms with E-state index < -0.39 is 17.9 Å². The standard InChI is InChI=1S/C25H31FN6O4S/c1-14-29-22(35-19-7-6-16(27)11-20(19)34-5)21(37-14)18-8-9-28-23(31-18)30-17-10-15(26)12-32(13-17)24(33)36-25(2,3)4/h6-9,11,15,17H,10,12-13,27H2,1-5H3,(H,28,30,31)/t15-,17-/m0/s1. The van der Waals surface area contributed by atoms with Gasteiger partial charge >= 0.3 is 6.09 Å². The van der Waals surface area contributed by atoms with Crippen molar-refractivity contribution in [2.24, 2.45) is 0 Å². The minimum Gasteiger partial charge on any atom is -0.493 e. The summed E-state index contributed by atoms with van der Waals surface area (Å²) in [6, 6.07) is 6.46. The summed E-state index contributed by atoms with van der Waals surface area (Å²) in [4.78, 5) is 28.0. The molecule has 10 nitrogen and oxygen atoms in total. The number of hydrogen-bond donors (Lipinski definition) is 2. The number of piperidine rings is 1. The van der Waals surface area contributed by atoms with E-state index in [1.54, 1.807) is 51.2 Å². The fourth-order valence-electron chi connectivity index (χ4n) is 3.87.